The van der Waals surface area contributed by atoms with E-state index < -0.39 is 4.92 Å². The smallest absolute Gasteiger partial charge is 0.312 e. The average molecular weight is 286 g/mol. The van der Waals surface area contributed by atoms with E-state index in [9.17, 15) is 14.9 Å². The van der Waals surface area contributed by atoms with Gasteiger partial charge in [-0.25, -0.2) is 0 Å². The zero-order valence-corrected chi connectivity index (χ0v) is 9.77. The average Bonchev–Trinajstić information content (AvgIpc) is 2.17. The lowest BCUT2D eigenvalue weighted by Gasteiger charge is -2.24. The lowest BCUT2D eigenvalue weighted by molar-refractivity contribution is -0.386. The van der Waals surface area contributed by atoms with Crippen molar-refractivity contribution in [2.45, 2.75) is 18.9 Å². The van der Waals surface area contributed by atoms with E-state index in [1.807, 2.05) is 0 Å². The number of ether oxygens (including phenoxy) is 1. The van der Waals surface area contributed by atoms with Gasteiger partial charge in [0.25, 0.3) is 0 Å². The first-order chi connectivity index (χ1) is 7.56. The Morgan fingerprint density at radius 1 is 1.44 bits per heavy atom. The van der Waals surface area contributed by atoms with Crippen LogP contribution >= 0.6 is 15.9 Å². The van der Waals surface area contributed by atoms with Crippen LogP contribution in [-0.2, 0) is 4.79 Å². The van der Waals surface area contributed by atoms with Crippen molar-refractivity contribution in [3.63, 3.8) is 0 Å². The van der Waals surface area contributed by atoms with Gasteiger partial charge >= 0.3 is 5.69 Å². The molecule has 0 aliphatic heterocycles. The number of nitro benzene ring substituents is 1. The van der Waals surface area contributed by atoms with Gasteiger partial charge < -0.3 is 4.74 Å². The van der Waals surface area contributed by atoms with Crippen LogP contribution < -0.4 is 4.74 Å². The number of ketones is 1. The van der Waals surface area contributed by atoms with Gasteiger partial charge in [0, 0.05) is 23.4 Å². The second-order valence-corrected chi connectivity index (χ2v) is 4.47. The highest BCUT2D eigenvalue weighted by molar-refractivity contribution is 9.10. The summed E-state index contributed by atoms with van der Waals surface area (Å²) in [4.78, 5) is 21.0. The van der Waals surface area contributed by atoms with Gasteiger partial charge in [0.1, 0.15) is 11.9 Å². The fraction of sp³-hybridized carbons (Fsp3) is 0.300. The quantitative estimate of drug-likeness (QED) is 0.632. The zero-order valence-electron chi connectivity index (χ0n) is 8.18. The number of nitrogens with zero attached hydrogens (tertiary/aromatic N) is 1. The Bertz CT molecular complexity index is 452. The molecule has 0 spiro atoms. The second kappa shape index (κ2) is 4.21. The number of hydrogen-bond donors (Lipinski definition) is 0. The van der Waals surface area contributed by atoms with Crippen LogP contribution in [0.2, 0.25) is 0 Å². The molecule has 0 N–H and O–H groups in total. The number of benzene rings is 1. The number of carbonyl (C=O) groups excluding carboxylic acids is 1. The molecule has 0 radical (unpaired) electrons. The van der Waals surface area contributed by atoms with Crippen molar-refractivity contribution in [2.24, 2.45) is 0 Å². The summed E-state index contributed by atoms with van der Waals surface area (Å²) in [6.45, 7) is 0. The molecule has 84 valence electrons. The molecule has 1 fully saturated rings. The van der Waals surface area contributed by atoms with E-state index in [1.54, 1.807) is 6.07 Å². The Hall–Kier alpha value is -1.43. The van der Waals surface area contributed by atoms with Crippen LogP contribution in [0.1, 0.15) is 12.8 Å². The Kier molecular flexibility index (Phi) is 2.91. The molecule has 16 heavy (non-hydrogen) atoms. The van der Waals surface area contributed by atoms with E-state index in [0.29, 0.717) is 17.3 Å². The van der Waals surface area contributed by atoms with Crippen molar-refractivity contribution in [1.29, 1.82) is 0 Å². The Balaban J connectivity index is 2.19. The molecule has 1 saturated carbocycles. The molecular weight excluding hydrogens is 278 g/mol. The molecule has 2 rings (SSSR count). The van der Waals surface area contributed by atoms with Crippen LogP contribution in [0.4, 0.5) is 5.69 Å². The van der Waals surface area contributed by atoms with Crippen LogP contribution in [0.15, 0.2) is 22.7 Å². The molecule has 0 heterocycles. The first-order valence-corrected chi connectivity index (χ1v) is 5.48. The summed E-state index contributed by atoms with van der Waals surface area (Å²) in [5, 5.41) is 10.8. The van der Waals surface area contributed by atoms with E-state index in [0.717, 1.165) is 0 Å². The first-order valence-electron chi connectivity index (χ1n) is 4.68. The van der Waals surface area contributed by atoms with Crippen LogP contribution in [0.3, 0.4) is 0 Å². The largest absolute Gasteiger partial charge is 0.483 e. The molecule has 1 aliphatic carbocycles. The van der Waals surface area contributed by atoms with E-state index in [1.165, 1.54) is 12.1 Å². The lowest BCUT2D eigenvalue weighted by atomic mass is 9.94. The number of nitro groups is 1. The van der Waals surface area contributed by atoms with E-state index in [4.69, 9.17) is 4.74 Å². The first kappa shape index (κ1) is 11.1. The molecule has 0 bridgehead atoms. The molecule has 0 amide bonds. The second-order valence-electron chi connectivity index (χ2n) is 3.56. The molecule has 0 saturated heterocycles. The van der Waals surface area contributed by atoms with Gasteiger partial charge in [0.15, 0.2) is 5.75 Å². The fourth-order valence-corrected chi connectivity index (χ4v) is 1.79. The SMILES string of the molecule is O=C1CC(Oc2ccc(Br)cc2[N+](=O)[O-])C1. The monoisotopic (exact) mass is 285 g/mol. The van der Waals surface area contributed by atoms with Crippen LogP contribution in [0.25, 0.3) is 0 Å². The Morgan fingerprint density at radius 3 is 2.69 bits per heavy atom. The van der Waals surface area contributed by atoms with Crippen molar-refractivity contribution in [1.82, 2.24) is 0 Å². The van der Waals surface area contributed by atoms with Crippen molar-refractivity contribution < 1.29 is 14.5 Å². The summed E-state index contributed by atoms with van der Waals surface area (Å²) in [7, 11) is 0. The van der Waals surface area contributed by atoms with Gasteiger partial charge in [-0.05, 0) is 12.1 Å². The van der Waals surface area contributed by atoms with Crippen molar-refractivity contribution in [3.8, 4) is 5.75 Å². The normalized spacial score (nSPS) is 15.7. The number of Topliss-reactive ketones (excluding diaryl/α,β-unsaturated/α-hetero) is 1. The standard InChI is InChI=1S/C10H8BrNO4/c11-6-1-2-10(9(3-6)12(14)15)16-8-4-7(13)5-8/h1-3,8H,4-5H2. The predicted octanol–water partition coefficient (Wildman–Crippen LogP) is 2.47. The number of halogens is 1. The summed E-state index contributed by atoms with van der Waals surface area (Å²) < 4.78 is 6.01. The number of rotatable bonds is 3. The Morgan fingerprint density at radius 2 is 2.12 bits per heavy atom. The topological polar surface area (TPSA) is 69.4 Å². The molecule has 0 aromatic heterocycles. The summed E-state index contributed by atoms with van der Waals surface area (Å²) in [5.41, 5.74) is -0.0891. The van der Waals surface area contributed by atoms with Gasteiger partial charge in [-0.3, -0.25) is 14.9 Å². The van der Waals surface area contributed by atoms with Crippen LogP contribution in [-0.4, -0.2) is 16.8 Å². The molecule has 0 unspecified atom stereocenters. The van der Waals surface area contributed by atoms with Crippen molar-refractivity contribution in [2.75, 3.05) is 0 Å². The molecule has 1 aliphatic rings. The number of hydrogen-bond acceptors (Lipinski definition) is 4. The third kappa shape index (κ3) is 2.21. The molecule has 6 heteroatoms. The van der Waals surface area contributed by atoms with Crippen molar-refractivity contribution >= 4 is 27.4 Å². The summed E-state index contributed by atoms with van der Waals surface area (Å²) in [5.74, 6) is 0.343. The fourth-order valence-electron chi connectivity index (χ4n) is 1.44. The third-order valence-corrected chi connectivity index (χ3v) is 2.82. The highest BCUT2D eigenvalue weighted by Crippen LogP contribution is 2.33. The highest BCUT2D eigenvalue weighted by atomic mass is 79.9. The molecular formula is C10H8BrNO4. The highest BCUT2D eigenvalue weighted by Gasteiger charge is 2.30. The summed E-state index contributed by atoms with van der Waals surface area (Å²) in [6.07, 6.45) is 0.466. The van der Waals surface area contributed by atoms with E-state index in [2.05, 4.69) is 15.9 Å². The van der Waals surface area contributed by atoms with Gasteiger partial charge in [-0.15, -0.1) is 0 Å². The van der Waals surface area contributed by atoms with E-state index >= 15 is 0 Å². The third-order valence-electron chi connectivity index (χ3n) is 2.32. The summed E-state index contributed by atoms with van der Waals surface area (Å²) in [6, 6.07) is 4.59. The van der Waals surface area contributed by atoms with Crippen LogP contribution in [0, 0.1) is 10.1 Å². The number of carbonyl (C=O) groups is 1. The van der Waals surface area contributed by atoms with Gasteiger partial charge in [0.2, 0.25) is 0 Å². The maximum absolute atomic E-state index is 10.8. The molecule has 1 aromatic carbocycles. The lowest BCUT2D eigenvalue weighted by Crippen LogP contribution is -2.33. The minimum absolute atomic E-state index is 0.0891. The minimum Gasteiger partial charge on any atom is -0.483 e. The molecule has 5 nitrogen and oxygen atoms in total. The summed E-state index contributed by atoms with van der Waals surface area (Å²) >= 11 is 3.16. The maximum atomic E-state index is 10.8. The van der Waals surface area contributed by atoms with Crippen molar-refractivity contribution in [3.05, 3.63) is 32.8 Å². The predicted molar refractivity (Wildman–Crippen MR) is 59.5 cm³/mol. The maximum Gasteiger partial charge on any atom is 0.312 e. The van der Waals surface area contributed by atoms with Crippen LogP contribution in [0.5, 0.6) is 5.75 Å². The van der Waals surface area contributed by atoms with E-state index in [-0.39, 0.29) is 23.3 Å². The minimum atomic E-state index is -0.499. The molecule has 1 aromatic rings. The van der Waals surface area contributed by atoms with Gasteiger partial charge in [0.05, 0.1) is 4.92 Å². The van der Waals surface area contributed by atoms with Gasteiger partial charge in [-0.2, -0.15) is 0 Å². The Labute approximate surface area is 99.7 Å². The van der Waals surface area contributed by atoms with Gasteiger partial charge in [-0.1, -0.05) is 15.9 Å². The molecule has 0 atom stereocenters. The zero-order chi connectivity index (χ0) is 11.7.